The normalized spacial score (nSPS) is 13.3. The first-order chi connectivity index (χ1) is 46.6. The van der Waals surface area contributed by atoms with Gasteiger partial charge in [0.1, 0.15) is 0 Å². The first-order valence-electron chi connectivity index (χ1n) is 32.6. The molecule has 0 radical (unpaired) electrons. The molecule has 94 heavy (non-hydrogen) atoms. The molecule has 2 heteroatoms. The maximum absolute atomic E-state index is 5.88. The summed E-state index contributed by atoms with van der Waals surface area (Å²) in [5, 5.41) is 17.2. The molecule has 1 aliphatic rings. The molecule has 2 heterocycles. The molecule has 0 aliphatic heterocycles. The van der Waals surface area contributed by atoms with E-state index in [0.717, 1.165) is 95.6 Å². The Morgan fingerprint density at radius 1 is 0.223 bits per heavy atom. The van der Waals surface area contributed by atoms with Gasteiger partial charge in [0.15, 0.2) is 0 Å². The summed E-state index contributed by atoms with van der Waals surface area (Å²) in [5.41, 5.74) is 21.0. The lowest BCUT2D eigenvalue weighted by molar-refractivity contribution is 0.871. The van der Waals surface area contributed by atoms with Gasteiger partial charge in [-0.05, 0) is 180 Å². The zero-order valence-corrected chi connectivity index (χ0v) is 51.6. The number of benzene rings is 15. The maximum Gasteiger partial charge on any atom is 0.0788 e. The second kappa shape index (κ2) is 23.0. The van der Waals surface area contributed by atoms with Crippen LogP contribution in [0.15, 0.2) is 346 Å². The lowest BCUT2D eigenvalue weighted by atomic mass is 9.81. The van der Waals surface area contributed by atoms with E-state index in [0.29, 0.717) is 0 Å². The molecule has 0 fully saturated rings. The quantitative estimate of drug-likeness (QED) is 0.128. The van der Waals surface area contributed by atoms with Crippen LogP contribution in [0.25, 0.3) is 165 Å². The number of hydrogen-bond donors (Lipinski definition) is 0. The van der Waals surface area contributed by atoms with Crippen LogP contribution in [-0.4, -0.2) is 9.97 Å². The summed E-state index contributed by atoms with van der Waals surface area (Å²) in [6.07, 6.45) is 5.75. The standard InChI is InChI=1S/C92H60N2/c1-5-21-59(22-6-1)69-49-70(60-23-7-2-8-24-60)51-71(50-69)61-39-43-66(44-40-61)92-88-55-72(67-45-47-82-78-33-15-13-29-74(78)76-31-17-19-35-80(76)85(82)52-67)54-84(68-46-48-83-79-34-16-14-30-75(79)77-32-18-20-36-81(77)86(83)53-68)87(88)58-91(94-92)65-41-37-62(38-42-65)73-56-89(63-25-9-3-10-26-63)93-90(57-73)64-27-11-4-12-28-64/h1-50,52-58,70H,51H2. The van der Waals surface area contributed by atoms with Crippen molar-refractivity contribution in [3.8, 4) is 78.4 Å². The van der Waals surface area contributed by atoms with E-state index in [2.05, 4.69) is 346 Å². The molecule has 18 rings (SSSR count). The second-order valence-electron chi connectivity index (χ2n) is 25.1. The van der Waals surface area contributed by atoms with Gasteiger partial charge in [-0.25, -0.2) is 9.97 Å². The smallest absolute Gasteiger partial charge is 0.0788 e. The van der Waals surface area contributed by atoms with Crippen LogP contribution in [-0.2, 0) is 0 Å². The molecule has 0 amide bonds. The minimum atomic E-state index is 0.232. The summed E-state index contributed by atoms with van der Waals surface area (Å²) >= 11 is 0. The Labute approximate surface area is 546 Å². The first kappa shape index (κ1) is 54.8. The Balaban J connectivity index is 0.861. The van der Waals surface area contributed by atoms with E-state index in [9.17, 15) is 0 Å². The summed E-state index contributed by atoms with van der Waals surface area (Å²) in [4.78, 5) is 11.1. The number of fused-ring (bicyclic) bond motifs is 13. The van der Waals surface area contributed by atoms with Crippen molar-refractivity contribution in [2.45, 2.75) is 12.3 Å². The van der Waals surface area contributed by atoms with Gasteiger partial charge in [0.25, 0.3) is 0 Å². The molecule has 0 bridgehead atoms. The zero-order chi connectivity index (χ0) is 62.1. The Bertz CT molecular complexity index is 5760. The van der Waals surface area contributed by atoms with Gasteiger partial charge in [0, 0.05) is 33.6 Å². The third kappa shape index (κ3) is 9.75. The molecular formula is C92H60N2. The minimum absolute atomic E-state index is 0.232. The van der Waals surface area contributed by atoms with Crippen LogP contribution in [0.4, 0.5) is 0 Å². The van der Waals surface area contributed by atoms with Crippen LogP contribution in [0.3, 0.4) is 0 Å². The number of nitrogens with zero attached hydrogens (tertiary/aromatic N) is 2. The monoisotopic (exact) mass is 1190 g/mol. The van der Waals surface area contributed by atoms with Gasteiger partial charge in [-0.15, -0.1) is 0 Å². The van der Waals surface area contributed by atoms with Crippen molar-refractivity contribution < 1.29 is 0 Å². The minimum Gasteiger partial charge on any atom is -0.248 e. The molecule has 0 saturated heterocycles. The van der Waals surface area contributed by atoms with Crippen molar-refractivity contribution in [3.05, 3.63) is 362 Å². The van der Waals surface area contributed by atoms with E-state index < -0.39 is 0 Å². The number of pyridine rings is 2. The van der Waals surface area contributed by atoms with Crippen molar-refractivity contribution in [2.24, 2.45) is 0 Å². The van der Waals surface area contributed by atoms with Gasteiger partial charge in [-0.1, -0.05) is 303 Å². The van der Waals surface area contributed by atoms with Crippen LogP contribution in [0, 0.1) is 0 Å². The summed E-state index contributed by atoms with van der Waals surface area (Å²) < 4.78 is 0. The molecule has 0 saturated carbocycles. The van der Waals surface area contributed by atoms with Gasteiger partial charge in [0.05, 0.1) is 22.8 Å². The van der Waals surface area contributed by atoms with Crippen molar-refractivity contribution in [1.29, 1.82) is 0 Å². The second-order valence-corrected chi connectivity index (χ2v) is 25.1. The summed E-state index contributed by atoms with van der Waals surface area (Å²) in [5.74, 6) is 0.232. The van der Waals surface area contributed by atoms with Gasteiger partial charge >= 0.3 is 0 Å². The molecule has 1 atom stereocenters. The summed E-state index contributed by atoms with van der Waals surface area (Å²) in [7, 11) is 0. The highest BCUT2D eigenvalue weighted by molar-refractivity contribution is 6.27. The maximum atomic E-state index is 5.88. The lowest BCUT2D eigenvalue weighted by Crippen LogP contribution is -2.04. The summed E-state index contributed by atoms with van der Waals surface area (Å²) in [6, 6.07) is 123. The van der Waals surface area contributed by atoms with Crippen molar-refractivity contribution >= 4 is 86.6 Å². The fourth-order valence-corrected chi connectivity index (χ4v) is 14.9. The van der Waals surface area contributed by atoms with Crippen LogP contribution in [0.5, 0.6) is 0 Å². The van der Waals surface area contributed by atoms with Crippen LogP contribution in [0.1, 0.15) is 29.0 Å². The highest BCUT2D eigenvalue weighted by Gasteiger charge is 2.23. The Morgan fingerprint density at radius 2 is 0.596 bits per heavy atom. The third-order valence-electron chi connectivity index (χ3n) is 19.6. The first-order valence-corrected chi connectivity index (χ1v) is 32.6. The van der Waals surface area contributed by atoms with Crippen molar-refractivity contribution in [3.63, 3.8) is 0 Å². The number of allylic oxidation sites excluding steroid dienone is 4. The van der Waals surface area contributed by atoms with Crippen molar-refractivity contribution in [1.82, 2.24) is 9.97 Å². The van der Waals surface area contributed by atoms with Crippen LogP contribution < -0.4 is 0 Å². The largest absolute Gasteiger partial charge is 0.248 e. The van der Waals surface area contributed by atoms with Gasteiger partial charge in [-0.3, -0.25) is 0 Å². The molecule has 2 nitrogen and oxygen atoms in total. The van der Waals surface area contributed by atoms with Gasteiger partial charge < -0.3 is 0 Å². The fraction of sp³-hybridized carbons (Fsp3) is 0.0217. The van der Waals surface area contributed by atoms with E-state index >= 15 is 0 Å². The average molecular weight is 1190 g/mol. The Kier molecular flexibility index (Phi) is 13.4. The third-order valence-corrected chi connectivity index (χ3v) is 19.6. The predicted octanol–water partition coefficient (Wildman–Crippen LogP) is 24.9. The highest BCUT2D eigenvalue weighted by Crippen LogP contribution is 2.46. The van der Waals surface area contributed by atoms with E-state index in [1.165, 1.54) is 92.5 Å². The fourth-order valence-electron chi connectivity index (χ4n) is 14.9. The SMILES string of the molecule is C1=C(c2ccccc2)C=C(c2ccc(-c3nc(-c4ccc(-c5cc(-c6ccccc6)nc(-c6ccccc6)c5)cc4)cc4c(-c5ccc6c7ccccc7c7ccccc7c6c5)cc(-c5ccc6c7ccccc7c7ccccc7c6c5)cc34)cc2)CC1c1ccccc1. The van der Waals surface area contributed by atoms with E-state index in [1.54, 1.807) is 0 Å². The Hall–Kier alpha value is -12.1. The van der Waals surface area contributed by atoms with Crippen LogP contribution >= 0.6 is 0 Å². The lowest BCUT2D eigenvalue weighted by Gasteiger charge is -2.23. The average Bonchev–Trinajstić information content (AvgIpc) is 0.748. The van der Waals surface area contributed by atoms with Crippen molar-refractivity contribution in [2.75, 3.05) is 0 Å². The zero-order valence-electron chi connectivity index (χ0n) is 51.6. The molecular weight excluding hydrogens is 1130 g/mol. The summed E-state index contributed by atoms with van der Waals surface area (Å²) in [6.45, 7) is 0. The molecule has 15 aromatic carbocycles. The Morgan fingerprint density at radius 3 is 1.13 bits per heavy atom. The van der Waals surface area contributed by atoms with E-state index in [-0.39, 0.29) is 5.92 Å². The van der Waals surface area contributed by atoms with Crippen LogP contribution in [0.2, 0.25) is 0 Å². The molecule has 0 spiro atoms. The molecule has 2 aromatic heterocycles. The number of aromatic nitrogens is 2. The van der Waals surface area contributed by atoms with E-state index in [4.69, 9.17) is 9.97 Å². The molecule has 1 unspecified atom stereocenters. The molecule has 438 valence electrons. The van der Waals surface area contributed by atoms with Gasteiger partial charge in [-0.2, -0.15) is 0 Å². The molecule has 0 N–H and O–H groups in total. The molecule has 17 aromatic rings. The number of hydrogen-bond acceptors (Lipinski definition) is 2. The predicted molar refractivity (Wildman–Crippen MR) is 399 cm³/mol. The molecule has 1 aliphatic carbocycles. The topological polar surface area (TPSA) is 25.8 Å². The highest BCUT2D eigenvalue weighted by atomic mass is 14.7. The van der Waals surface area contributed by atoms with Gasteiger partial charge in [0.2, 0.25) is 0 Å². The van der Waals surface area contributed by atoms with E-state index in [1.807, 2.05) is 0 Å². The number of rotatable bonds is 10.